The van der Waals surface area contributed by atoms with Gasteiger partial charge in [-0.15, -0.1) is 0 Å². The van der Waals surface area contributed by atoms with Crippen molar-refractivity contribution >= 4 is 44.8 Å². The number of sulfonamides is 1. The number of anilines is 1. The van der Waals surface area contributed by atoms with Crippen molar-refractivity contribution in [3.05, 3.63) is 58.1 Å². The highest BCUT2D eigenvalue weighted by atomic mass is 35.5. The van der Waals surface area contributed by atoms with Gasteiger partial charge in [0.1, 0.15) is 6.04 Å². The van der Waals surface area contributed by atoms with E-state index in [1.807, 2.05) is 6.92 Å². The number of hydrogen-bond donors (Lipinski definition) is 1. The first-order valence-corrected chi connectivity index (χ1v) is 10.3. The Bertz CT molecular complexity index is 930. The molecule has 0 aliphatic carbocycles. The molecule has 0 aromatic heterocycles. The van der Waals surface area contributed by atoms with E-state index in [2.05, 4.69) is 5.32 Å². The molecule has 2 aromatic rings. The number of rotatable bonds is 4. The van der Waals surface area contributed by atoms with E-state index < -0.39 is 16.1 Å². The molecule has 3 rings (SSSR count). The third kappa shape index (κ3) is 3.88. The SMILES string of the molecule is Cc1cc(NC(=O)[C@@H]2CCCN2S(=O)(=O)c2ccc(Cl)cc2)ccc1Cl. The van der Waals surface area contributed by atoms with E-state index in [-0.39, 0.29) is 10.8 Å². The zero-order valence-electron chi connectivity index (χ0n) is 14.1. The number of carbonyl (C=O) groups is 1. The van der Waals surface area contributed by atoms with Crippen LogP contribution in [0.5, 0.6) is 0 Å². The summed E-state index contributed by atoms with van der Waals surface area (Å²) < 4.78 is 27.1. The smallest absolute Gasteiger partial charge is 0.243 e. The van der Waals surface area contributed by atoms with Gasteiger partial charge in [-0.05, 0) is 67.8 Å². The fourth-order valence-corrected chi connectivity index (χ4v) is 4.88. The van der Waals surface area contributed by atoms with Crippen molar-refractivity contribution in [1.29, 1.82) is 0 Å². The van der Waals surface area contributed by atoms with Crippen LogP contribution in [-0.2, 0) is 14.8 Å². The first-order valence-electron chi connectivity index (χ1n) is 8.13. The maximum atomic E-state index is 12.9. The second kappa shape index (κ2) is 7.56. The molecule has 138 valence electrons. The molecule has 1 aliphatic rings. The summed E-state index contributed by atoms with van der Waals surface area (Å²) in [6.07, 6.45) is 1.11. The van der Waals surface area contributed by atoms with Gasteiger partial charge in [-0.2, -0.15) is 4.31 Å². The van der Waals surface area contributed by atoms with Gasteiger partial charge in [-0.3, -0.25) is 4.79 Å². The van der Waals surface area contributed by atoms with Crippen LogP contribution >= 0.6 is 23.2 Å². The minimum atomic E-state index is -3.76. The molecule has 1 amide bonds. The van der Waals surface area contributed by atoms with Crippen LogP contribution in [-0.4, -0.2) is 31.2 Å². The number of benzene rings is 2. The molecule has 1 aliphatic heterocycles. The molecular weight excluding hydrogens is 395 g/mol. The monoisotopic (exact) mass is 412 g/mol. The van der Waals surface area contributed by atoms with E-state index in [9.17, 15) is 13.2 Å². The number of carbonyl (C=O) groups excluding carboxylic acids is 1. The van der Waals surface area contributed by atoms with Crippen LogP contribution in [0.1, 0.15) is 18.4 Å². The van der Waals surface area contributed by atoms with E-state index >= 15 is 0 Å². The van der Waals surface area contributed by atoms with Crippen molar-refractivity contribution in [1.82, 2.24) is 4.31 Å². The fourth-order valence-electron chi connectivity index (χ4n) is 2.98. The summed E-state index contributed by atoms with van der Waals surface area (Å²) in [6.45, 7) is 2.15. The molecule has 1 N–H and O–H groups in total. The fraction of sp³-hybridized carbons (Fsp3) is 0.278. The van der Waals surface area contributed by atoms with Crippen LogP contribution < -0.4 is 5.32 Å². The standard InChI is InChI=1S/C18H18Cl2N2O3S/c1-12-11-14(6-9-16(12)20)21-18(23)17-3-2-10-22(17)26(24,25)15-7-4-13(19)5-8-15/h4-9,11,17H,2-3,10H2,1H3,(H,21,23)/t17-/m0/s1. The van der Waals surface area contributed by atoms with E-state index in [1.165, 1.54) is 28.6 Å². The number of hydrogen-bond acceptors (Lipinski definition) is 3. The lowest BCUT2D eigenvalue weighted by atomic mass is 10.2. The Balaban J connectivity index is 1.81. The van der Waals surface area contributed by atoms with Gasteiger partial charge in [0.05, 0.1) is 4.90 Å². The third-order valence-electron chi connectivity index (χ3n) is 4.35. The first-order chi connectivity index (χ1) is 12.3. The van der Waals surface area contributed by atoms with Gasteiger partial charge >= 0.3 is 0 Å². The van der Waals surface area contributed by atoms with Crippen molar-refractivity contribution < 1.29 is 13.2 Å². The molecule has 8 heteroatoms. The van der Waals surface area contributed by atoms with Crippen LogP contribution in [0.3, 0.4) is 0 Å². The second-order valence-electron chi connectivity index (χ2n) is 6.18. The van der Waals surface area contributed by atoms with E-state index in [0.717, 1.165) is 5.56 Å². The van der Waals surface area contributed by atoms with Crippen LogP contribution in [0.4, 0.5) is 5.69 Å². The summed E-state index contributed by atoms with van der Waals surface area (Å²) >= 11 is 11.8. The Morgan fingerprint density at radius 2 is 1.85 bits per heavy atom. The highest BCUT2D eigenvalue weighted by Gasteiger charge is 2.39. The van der Waals surface area contributed by atoms with E-state index in [1.54, 1.807) is 18.2 Å². The Morgan fingerprint density at radius 3 is 2.50 bits per heavy atom. The van der Waals surface area contributed by atoms with Crippen molar-refractivity contribution in [3.63, 3.8) is 0 Å². The van der Waals surface area contributed by atoms with Crippen LogP contribution in [0.15, 0.2) is 47.4 Å². The summed E-state index contributed by atoms with van der Waals surface area (Å²) in [5.74, 6) is -0.346. The van der Waals surface area contributed by atoms with Gasteiger partial charge in [-0.1, -0.05) is 23.2 Å². The molecule has 0 unspecified atom stereocenters. The average Bonchev–Trinajstić information content (AvgIpc) is 3.09. The predicted molar refractivity (Wildman–Crippen MR) is 103 cm³/mol. The third-order valence-corrected chi connectivity index (χ3v) is 6.95. The number of aryl methyl sites for hydroxylation is 1. The molecule has 0 bridgehead atoms. The van der Waals surface area contributed by atoms with Gasteiger partial charge in [-0.25, -0.2) is 8.42 Å². The lowest BCUT2D eigenvalue weighted by Gasteiger charge is -2.23. The zero-order valence-corrected chi connectivity index (χ0v) is 16.4. The van der Waals surface area contributed by atoms with Crippen LogP contribution in [0.25, 0.3) is 0 Å². The molecule has 5 nitrogen and oxygen atoms in total. The molecule has 1 heterocycles. The molecule has 0 saturated carbocycles. The number of nitrogens with one attached hydrogen (secondary N) is 1. The molecular formula is C18H18Cl2N2O3S. The lowest BCUT2D eigenvalue weighted by Crippen LogP contribution is -2.43. The molecule has 2 aromatic carbocycles. The van der Waals surface area contributed by atoms with Crippen molar-refractivity contribution in [3.8, 4) is 0 Å². The minimum Gasteiger partial charge on any atom is -0.325 e. The number of halogens is 2. The van der Waals surface area contributed by atoms with Crippen molar-refractivity contribution in [2.24, 2.45) is 0 Å². The number of nitrogens with zero attached hydrogens (tertiary/aromatic N) is 1. The van der Waals surface area contributed by atoms with Crippen molar-refractivity contribution in [2.75, 3.05) is 11.9 Å². The lowest BCUT2D eigenvalue weighted by molar-refractivity contribution is -0.119. The van der Waals surface area contributed by atoms with Gasteiger partial charge in [0.2, 0.25) is 15.9 Å². The summed E-state index contributed by atoms with van der Waals surface area (Å²) in [5, 5.41) is 3.85. The van der Waals surface area contributed by atoms with E-state index in [4.69, 9.17) is 23.2 Å². The van der Waals surface area contributed by atoms with Crippen LogP contribution in [0, 0.1) is 6.92 Å². The second-order valence-corrected chi connectivity index (χ2v) is 8.92. The Labute approximate surface area is 163 Å². The van der Waals surface area contributed by atoms with Crippen molar-refractivity contribution in [2.45, 2.75) is 30.7 Å². The highest BCUT2D eigenvalue weighted by molar-refractivity contribution is 7.89. The largest absolute Gasteiger partial charge is 0.325 e. The summed E-state index contributed by atoms with van der Waals surface area (Å²) in [6, 6.07) is 10.4. The summed E-state index contributed by atoms with van der Waals surface area (Å²) in [7, 11) is -3.76. The highest BCUT2D eigenvalue weighted by Crippen LogP contribution is 2.28. The number of amides is 1. The molecule has 0 spiro atoms. The molecule has 1 saturated heterocycles. The minimum absolute atomic E-state index is 0.129. The summed E-state index contributed by atoms with van der Waals surface area (Å²) in [4.78, 5) is 12.8. The van der Waals surface area contributed by atoms with Gasteiger partial charge in [0.25, 0.3) is 0 Å². The predicted octanol–water partition coefficient (Wildman–Crippen LogP) is 4.09. The average molecular weight is 413 g/mol. The maximum Gasteiger partial charge on any atom is 0.243 e. The zero-order chi connectivity index (χ0) is 18.9. The topological polar surface area (TPSA) is 66.5 Å². The van der Waals surface area contributed by atoms with Gasteiger partial charge in [0, 0.05) is 22.3 Å². The Morgan fingerprint density at radius 1 is 1.15 bits per heavy atom. The Kier molecular flexibility index (Phi) is 5.58. The quantitative estimate of drug-likeness (QED) is 0.821. The van der Waals surface area contributed by atoms with Gasteiger partial charge < -0.3 is 5.32 Å². The molecule has 1 atom stereocenters. The molecule has 1 fully saturated rings. The molecule has 0 radical (unpaired) electrons. The first kappa shape index (κ1) is 19.2. The Hall–Kier alpha value is -1.60. The normalized spacial score (nSPS) is 18.0. The summed E-state index contributed by atoms with van der Waals surface area (Å²) in [5.41, 5.74) is 1.43. The van der Waals surface area contributed by atoms with Gasteiger partial charge in [0.15, 0.2) is 0 Å². The molecule has 26 heavy (non-hydrogen) atoms. The van der Waals surface area contributed by atoms with E-state index in [0.29, 0.717) is 35.1 Å². The van der Waals surface area contributed by atoms with Crippen LogP contribution in [0.2, 0.25) is 10.0 Å². The maximum absolute atomic E-state index is 12.9.